The molecule has 0 heterocycles. The fourth-order valence-electron chi connectivity index (χ4n) is 1.42. The highest BCUT2D eigenvalue weighted by Gasteiger charge is 2.02. The second-order valence-corrected chi connectivity index (χ2v) is 4.02. The standard InChI is InChI=1S/C10H11P/c1-11-10-6-8-4-2-3-5-9(8)7-10/h2-7,10-11H,1H3. The maximum atomic E-state index is 2.35. The van der Waals surface area contributed by atoms with E-state index in [9.17, 15) is 0 Å². The van der Waals surface area contributed by atoms with Crippen molar-refractivity contribution in [1.82, 2.24) is 0 Å². The van der Waals surface area contributed by atoms with Crippen LogP contribution in [0.5, 0.6) is 0 Å². The van der Waals surface area contributed by atoms with Gasteiger partial charge < -0.3 is 0 Å². The average molecular weight is 162 g/mol. The van der Waals surface area contributed by atoms with Gasteiger partial charge in [0.05, 0.1) is 0 Å². The zero-order valence-electron chi connectivity index (χ0n) is 6.54. The maximum absolute atomic E-state index is 2.35. The molecule has 56 valence electrons. The van der Waals surface area contributed by atoms with E-state index in [-0.39, 0.29) is 0 Å². The lowest BCUT2D eigenvalue weighted by atomic mass is 10.3. The van der Waals surface area contributed by atoms with Crippen molar-refractivity contribution in [2.75, 3.05) is 6.66 Å². The molecule has 2 rings (SSSR count). The first-order valence-electron chi connectivity index (χ1n) is 3.86. The highest BCUT2D eigenvalue weighted by atomic mass is 31.1. The third-order valence-corrected chi connectivity index (χ3v) is 3.05. The van der Waals surface area contributed by atoms with Crippen molar-refractivity contribution in [2.24, 2.45) is 0 Å². The van der Waals surface area contributed by atoms with E-state index in [1.54, 1.807) is 0 Å². The Kier molecular flexibility index (Phi) is 1.79. The van der Waals surface area contributed by atoms with Crippen molar-refractivity contribution < 1.29 is 0 Å². The topological polar surface area (TPSA) is 0 Å². The molecule has 1 heteroatoms. The molecule has 0 nitrogen and oxygen atoms in total. The summed E-state index contributed by atoms with van der Waals surface area (Å²) in [5.74, 6) is 0. The first-order chi connectivity index (χ1) is 5.40. The molecule has 0 spiro atoms. The molecule has 11 heavy (non-hydrogen) atoms. The molecule has 0 amide bonds. The molecule has 0 saturated carbocycles. The SMILES string of the molecule is CPC1C=c2ccccc2=C1. The molecule has 1 aliphatic rings. The molecule has 0 radical (unpaired) electrons. The van der Waals surface area contributed by atoms with Gasteiger partial charge in [0.15, 0.2) is 0 Å². The van der Waals surface area contributed by atoms with Gasteiger partial charge in [0.2, 0.25) is 0 Å². The van der Waals surface area contributed by atoms with E-state index in [4.69, 9.17) is 0 Å². The van der Waals surface area contributed by atoms with E-state index in [1.807, 2.05) is 0 Å². The molecule has 1 aromatic rings. The van der Waals surface area contributed by atoms with Crippen molar-refractivity contribution in [3.8, 4) is 0 Å². The second kappa shape index (κ2) is 2.79. The molecule has 0 bridgehead atoms. The summed E-state index contributed by atoms with van der Waals surface area (Å²) >= 11 is 0. The van der Waals surface area contributed by atoms with Crippen LogP contribution in [0.4, 0.5) is 0 Å². The smallest absolute Gasteiger partial charge is 0.0137 e. The molecular weight excluding hydrogens is 151 g/mol. The normalized spacial score (nSPS) is 16.5. The van der Waals surface area contributed by atoms with Crippen LogP contribution in [0.1, 0.15) is 0 Å². The fourth-order valence-corrected chi connectivity index (χ4v) is 2.11. The summed E-state index contributed by atoms with van der Waals surface area (Å²) in [5, 5.41) is 2.82. The van der Waals surface area contributed by atoms with Gasteiger partial charge in [-0.3, -0.25) is 0 Å². The van der Waals surface area contributed by atoms with Crippen LogP contribution in [0.2, 0.25) is 0 Å². The van der Waals surface area contributed by atoms with Gasteiger partial charge in [-0.25, -0.2) is 0 Å². The number of fused-ring (bicyclic) bond motifs is 1. The Labute approximate surface area is 68.4 Å². The lowest BCUT2D eigenvalue weighted by molar-refractivity contribution is 1.55. The van der Waals surface area contributed by atoms with E-state index in [0.29, 0.717) is 5.66 Å². The number of rotatable bonds is 1. The highest BCUT2D eigenvalue weighted by molar-refractivity contribution is 7.39. The zero-order valence-corrected chi connectivity index (χ0v) is 7.54. The van der Waals surface area contributed by atoms with Crippen LogP contribution in [-0.2, 0) is 0 Å². The molecule has 1 atom stereocenters. The summed E-state index contributed by atoms with van der Waals surface area (Å²) in [7, 11) is 0.997. The van der Waals surface area contributed by atoms with Crippen LogP contribution in [0.3, 0.4) is 0 Å². The van der Waals surface area contributed by atoms with Gasteiger partial charge in [-0.1, -0.05) is 36.4 Å². The summed E-state index contributed by atoms with van der Waals surface area (Å²) in [6.07, 6.45) is 4.71. The predicted octanol–water partition coefficient (Wildman–Crippen LogP) is 0.938. The zero-order chi connectivity index (χ0) is 7.68. The van der Waals surface area contributed by atoms with Gasteiger partial charge >= 0.3 is 0 Å². The molecule has 0 aromatic heterocycles. The monoisotopic (exact) mass is 162 g/mol. The van der Waals surface area contributed by atoms with Gasteiger partial charge in [0.25, 0.3) is 0 Å². The van der Waals surface area contributed by atoms with E-state index in [0.717, 1.165) is 8.58 Å². The van der Waals surface area contributed by atoms with E-state index < -0.39 is 0 Å². The number of benzene rings is 1. The Balaban J connectivity index is 2.61. The van der Waals surface area contributed by atoms with E-state index >= 15 is 0 Å². The molecule has 1 aromatic carbocycles. The Hall–Kier alpha value is -0.610. The van der Waals surface area contributed by atoms with Crippen LogP contribution < -0.4 is 10.4 Å². The average Bonchev–Trinajstić information content (AvgIpc) is 2.46. The maximum Gasteiger partial charge on any atom is 0.0137 e. The minimum atomic E-state index is 0.701. The third-order valence-electron chi connectivity index (χ3n) is 2.05. The van der Waals surface area contributed by atoms with E-state index in [2.05, 4.69) is 43.1 Å². The Bertz CT molecular complexity index is 330. The van der Waals surface area contributed by atoms with E-state index in [1.165, 1.54) is 10.4 Å². The third kappa shape index (κ3) is 1.23. The minimum absolute atomic E-state index is 0.701. The van der Waals surface area contributed by atoms with Gasteiger partial charge in [0.1, 0.15) is 0 Å². The van der Waals surface area contributed by atoms with Crippen molar-refractivity contribution in [3.63, 3.8) is 0 Å². The molecule has 0 N–H and O–H groups in total. The first kappa shape index (κ1) is 7.06. The Morgan fingerprint density at radius 3 is 2.09 bits per heavy atom. The van der Waals surface area contributed by atoms with Gasteiger partial charge in [-0.05, 0) is 17.1 Å². The number of hydrogen-bond acceptors (Lipinski definition) is 0. The van der Waals surface area contributed by atoms with Crippen LogP contribution in [0, 0.1) is 0 Å². The van der Waals surface area contributed by atoms with Gasteiger partial charge in [-0.15, -0.1) is 8.58 Å². The predicted molar refractivity (Wildman–Crippen MR) is 52.6 cm³/mol. The van der Waals surface area contributed by atoms with Gasteiger partial charge in [-0.2, -0.15) is 0 Å². The molecule has 0 saturated heterocycles. The van der Waals surface area contributed by atoms with Crippen LogP contribution in [0.25, 0.3) is 12.2 Å². The van der Waals surface area contributed by atoms with Crippen molar-refractivity contribution in [3.05, 3.63) is 34.7 Å². The quantitative estimate of drug-likeness (QED) is 0.539. The molecule has 0 aliphatic heterocycles. The summed E-state index contributed by atoms with van der Waals surface area (Å²) in [5.41, 5.74) is 0.701. The van der Waals surface area contributed by atoms with Crippen LogP contribution >= 0.6 is 8.58 Å². The van der Waals surface area contributed by atoms with Crippen molar-refractivity contribution >= 4 is 20.7 Å². The molecule has 1 unspecified atom stereocenters. The van der Waals surface area contributed by atoms with Crippen LogP contribution in [-0.4, -0.2) is 12.3 Å². The molecular formula is C10H11P. The van der Waals surface area contributed by atoms with Gasteiger partial charge in [0, 0.05) is 5.66 Å². The van der Waals surface area contributed by atoms with Crippen LogP contribution in [0.15, 0.2) is 24.3 Å². The van der Waals surface area contributed by atoms with Crippen molar-refractivity contribution in [1.29, 1.82) is 0 Å². The summed E-state index contributed by atoms with van der Waals surface area (Å²) in [4.78, 5) is 0. The first-order valence-corrected chi connectivity index (χ1v) is 5.44. The minimum Gasteiger partial charge on any atom is -0.114 e. The lowest BCUT2D eigenvalue weighted by Gasteiger charge is -1.95. The highest BCUT2D eigenvalue weighted by Crippen LogP contribution is 2.17. The summed E-state index contributed by atoms with van der Waals surface area (Å²) < 4.78 is 0. The largest absolute Gasteiger partial charge is 0.114 e. The molecule has 0 fully saturated rings. The Morgan fingerprint density at radius 1 is 1.09 bits per heavy atom. The fraction of sp³-hybridized carbons (Fsp3) is 0.200. The Morgan fingerprint density at radius 2 is 1.64 bits per heavy atom. The second-order valence-electron chi connectivity index (χ2n) is 2.78. The summed E-state index contributed by atoms with van der Waals surface area (Å²) in [6, 6.07) is 8.58. The molecule has 1 aliphatic carbocycles. The lowest BCUT2D eigenvalue weighted by Crippen LogP contribution is -2.19. The summed E-state index contributed by atoms with van der Waals surface area (Å²) in [6.45, 7) is 2.25. The van der Waals surface area contributed by atoms with Crippen molar-refractivity contribution in [2.45, 2.75) is 5.66 Å². The number of hydrogen-bond donors (Lipinski definition) is 0.